The van der Waals surface area contributed by atoms with Crippen LogP contribution in [0.3, 0.4) is 0 Å². The van der Waals surface area contributed by atoms with Gasteiger partial charge in [0.15, 0.2) is 0 Å². The Morgan fingerprint density at radius 1 is 1.32 bits per heavy atom. The quantitative estimate of drug-likeness (QED) is 0.794. The summed E-state index contributed by atoms with van der Waals surface area (Å²) in [6, 6.07) is 6.07. The minimum Gasteiger partial charge on any atom is -0.332 e. The molecule has 1 aromatic rings. The number of hydrazine groups is 1. The van der Waals surface area contributed by atoms with Crippen LogP contribution in [-0.4, -0.2) is 28.2 Å². The molecule has 1 amide bonds. The Balaban J connectivity index is 1.53. The lowest BCUT2D eigenvalue weighted by atomic mass is 10.1. The number of hydrogen-bond donors (Lipinski definition) is 3. The minimum atomic E-state index is 0.0143. The zero-order valence-electron chi connectivity index (χ0n) is 12.7. The van der Waals surface area contributed by atoms with E-state index >= 15 is 0 Å². The van der Waals surface area contributed by atoms with Crippen molar-refractivity contribution in [3.05, 3.63) is 53.8 Å². The monoisotopic (exact) mass is 316 g/mol. The van der Waals surface area contributed by atoms with Gasteiger partial charge in [0.05, 0.1) is 5.75 Å². The molecule has 0 aliphatic carbocycles. The average Bonchev–Trinajstić information content (AvgIpc) is 2.92. The van der Waals surface area contributed by atoms with E-state index < -0.39 is 0 Å². The Morgan fingerprint density at radius 2 is 2.18 bits per heavy atom. The molecule has 0 radical (unpaired) electrons. The van der Waals surface area contributed by atoms with Gasteiger partial charge >= 0.3 is 0 Å². The highest BCUT2D eigenvalue weighted by atomic mass is 32.2. The molecule has 0 saturated carbocycles. The number of carbonyl (C=O) groups excluding carboxylic acids is 1. The fourth-order valence-electron chi connectivity index (χ4n) is 2.43. The molecular weight excluding hydrogens is 296 g/mol. The highest BCUT2D eigenvalue weighted by molar-refractivity contribution is 8.00. The van der Waals surface area contributed by atoms with Gasteiger partial charge in [-0.2, -0.15) is 0 Å². The SMILES string of the molecule is Cc1ccc(C)c(NC(=O)CS[C@H]2NN[C@H]3C=CC=CN32)c1. The Bertz CT molecular complexity index is 629. The number of amides is 1. The van der Waals surface area contributed by atoms with Gasteiger partial charge in [-0.3, -0.25) is 4.79 Å². The van der Waals surface area contributed by atoms with Crippen LogP contribution in [0, 0.1) is 13.8 Å². The van der Waals surface area contributed by atoms with E-state index in [0.717, 1.165) is 16.8 Å². The highest BCUT2D eigenvalue weighted by Crippen LogP contribution is 2.23. The molecule has 1 saturated heterocycles. The van der Waals surface area contributed by atoms with Gasteiger partial charge in [-0.25, -0.2) is 10.9 Å². The van der Waals surface area contributed by atoms with Crippen LogP contribution >= 0.6 is 11.8 Å². The topological polar surface area (TPSA) is 56.4 Å². The maximum absolute atomic E-state index is 12.2. The highest BCUT2D eigenvalue weighted by Gasteiger charge is 2.30. The first-order valence-corrected chi connectivity index (χ1v) is 8.30. The zero-order chi connectivity index (χ0) is 15.5. The number of allylic oxidation sites excluding steroid dienone is 2. The molecule has 2 heterocycles. The average molecular weight is 316 g/mol. The van der Waals surface area contributed by atoms with Gasteiger partial charge in [-0.05, 0) is 43.2 Å². The number of fused-ring (bicyclic) bond motifs is 1. The third-order valence-electron chi connectivity index (χ3n) is 3.65. The molecule has 22 heavy (non-hydrogen) atoms. The maximum atomic E-state index is 12.2. The molecule has 2 aliphatic rings. The Labute approximate surface area is 134 Å². The molecule has 0 aromatic heterocycles. The molecule has 2 atom stereocenters. The lowest BCUT2D eigenvalue weighted by Crippen LogP contribution is -2.33. The second-order valence-corrected chi connectivity index (χ2v) is 6.51. The molecule has 1 fully saturated rings. The van der Waals surface area contributed by atoms with Crippen LogP contribution in [0.25, 0.3) is 0 Å². The number of aryl methyl sites for hydroxylation is 2. The molecular formula is C16H20N4OS. The van der Waals surface area contributed by atoms with Crippen LogP contribution in [0.2, 0.25) is 0 Å². The van der Waals surface area contributed by atoms with E-state index in [2.05, 4.69) is 27.1 Å². The summed E-state index contributed by atoms with van der Waals surface area (Å²) < 4.78 is 0. The van der Waals surface area contributed by atoms with Crippen molar-refractivity contribution >= 4 is 23.4 Å². The number of hydrogen-bond acceptors (Lipinski definition) is 5. The first-order chi connectivity index (χ1) is 10.6. The first-order valence-electron chi connectivity index (χ1n) is 7.26. The largest absolute Gasteiger partial charge is 0.332 e. The Morgan fingerprint density at radius 3 is 3.05 bits per heavy atom. The number of nitrogens with zero attached hydrogens (tertiary/aromatic N) is 1. The van der Waals surface area contributed by atoms with Gasteiger partial charge in [0, 0.05) is 11.9 Å². The van der Waals surface area contributed by atoms with Gasteiger partial charge in [0.25, 0.3) is 0 Å². The predicted octanol–water partition coefficient (Wildman–Crippen LogP) is 2.08. The Kier molecular flexibility index (Phi) is 4.52. The van der Waals surface area contributed by atoms with Gasteiger partial charge in [-0.15, -0.1) is 11.8 Å². The van der Waals surface area contributed by atoms with E-state index in [1.54, 1.807) is 11.8 Å². The second-order valence-electron chi connectivity index (χ2n) is 5.44. The fourth-order valence-corrected chi connectivity index (χ4v) is 3.33. The lowest BCUT2D eigenvalue weighted by molar-refractivity contribution is -0.113. The molecule has 116 valence electrons. The summed E-state index contributed by atoms with van der Waals surface area (Å²) in [5.41, 5.74) is 9.54. The van der Waals surface area contributed by atoms with Crippen LogP contribution in [-0.2, 0) is 4.79 Å². The van der Waals surface area contributed by atoms with E-state index in [-0.39, 0.29) is 17.6 Å². The summed E-state index contributed by atoms with van der Waals surface area (Å²) in [6.07, 6.45) is 8.26. The van der Waals surface area contributed by atoms with Crippen molar-refractivity contribution in [3.63, 3.8) is 0 Å². The van der Waals surface area contributed by atoms with Gasteiger partial charge in [-0.1, -0.05) is 18.2 Å². The number of benzene rings is 1. The van der Waals surface area contributed by atoms with E-state index in [0.29, 0.717) is 5.75 Å². The molecule has 3 rings (SSSR count). The molecule has 0 unspecified atom stereocenters. The maximum Gasteiger partial charge on any atom is 0.234 e. The van der Waals surface area contributed by atoms with Crippen molar-refractivity contribution in [1.82, 2.24) is 15.8 Å². The van der Waals surface area contributed by atoms with E-state index in [4.69, 9.17) is 0 Å². The second kappa shape index (κ2) is 6.56. The summed E-state index contributed by atoms with van der Waals surface area (Å²) in [7, 11) is 0. The number of anilines is 1. The summed E-state index contributed by atoms with van der Waals surface area (Å²) in [5, 5.41) is 2.99. The third-order valence-corrected chi connectivity index (χ3v) is 4.75. The van der Waals surface area contributed by atoms with Crippen LogP contribution in [0.4, 0.5) is 5.69 Å². The molecule has 0 bridgehead atoms. The number of rotatable bonds is 4. The van der Waals surface area contributed by atoms with Crippen LogP contribution in [0.5, 0.6) is 0 Å². The summed E-state index contributed by atoms with van der Waals surface area (Å²) in [5.74, 6) is 0.411. The van der Waals surface area contributed by atoms with Gasteiger partial charge in [0.1, 0.15) is 11.7 Å². The minimum absolute atomic E-state index is 0.0143. The third kappa shape index (κ3) is 3.35. The van der Waals surface area contributed by atoms with E-state index in [1.807, 2.05) is 50.4 Å². The number of carbonyl (C=O) groups is 1. The summed E-state index contributed by atoms with van der Waals surface area (Å²) in [6.45, 7) is 4.02. The predicted molar refractivity (Wildman–Crippen MR) is 91.0 cm³/mol. The zero-order valence-corrected chi connectivity index (χ0v) is 13.5. The molecule has 1 aromatic carbocycles. The van der Waals surface area contributed by atoms with Crippen molar-refractivity contribution in [2.24, 2.45) is 0 Å². The molecule has 0 spiro atoms. The Hall–Kier alpha value is -1.76. The first kappa shape index (κ1) is 15.1. The van der Waals surface area contributed by atoms with Crippen molar-refractivity contribution in [3.8, 4) is 0 Å². The molecule has 2 aliphatic heterocycles. The molecule has 3 N–H and O–H groups in total. The van der Waals surface area contributed by atoms with Crippen LogP contribution in [0.15, 0.2) is 42.6 Å². The van der Waals surface area contributed by atoms with Gasteiger partial charge < -0.3 is 10.2 Å². The normalized spacial score (nSPS) is 22.7. The van der Waals surface area contributed by atoms with Crippen LogP contribution in [0.1, 0.15) is 11.1 Å². The van der Waals surface area contributed by atoms with Crippen molar-refractivity contribution in [2.45, 2.75) is 25.5 Å². The fraction of sp³-hybridized carbons (Fsp3) is 0.312. The number of thioether (sulfide) groups is 1. The van der Waals surface area contributed by atoms with Crippen molar-refractivity contribution in [1.29, 1.82) is 0 Å². The lowest BCUT2D eigenvalue weighted by Gasteiger charge is -2.25. The molecule has 6 heteroatoms. The summed E-state index contributed by atoms with van der Waals surface area (Å²) >= 11 is 1.56. The number of nitrogens with one attached hydrogen (secondary N) is 3. The van der Waals surface area contributed by atoms with Crippen molar-refractivity contribution < 1.29 is 4.79 Å². The van der Waals surface area contributed by atoms with E-state index in [1.165, 1.54) is 0 Å². The molecule has 5 nitrogen and oxygen atoms in total. The summed E-state index contributed by atoms with van der Waals surface area (Å²) in [4.78, 5) is 14.3. The smallest absolute Gasteiger partial charge is 0.234 e. The van der Waals surface area contributed by atoms with Crippen molar-refractivity contribution in [2.75, 3.05) is 11.1 Å². The van der Waals surface area contributed by atoms with E-state index in [9.17, 15) is 4.79 Å². The standard InChI is InChI=1S/C16H20N4OS/c1-11-6-7-12(2)13(9-11)17-15(21)10-22-16-19-18-14-5-3-4-8-20(14)16/h3-9,14,16,18-19H,10H2,1-2H3,(H,17,21)/t14-,16+/m1/s1. The van der Waals surface area contributed by atoms with Crippen LogP contribution < -0.4 is 16.2 Å². The van der Waals surface area contributed by atoms with Gasteiger partial charge in [0.2, 0.25) is 5.91 Å².